The molecule has 9 aromatic carbocycles. The Morgan fingerprint density at radius 1 is 0.302 bits per heavy atom. The summed E-state index contributed by atoms with van der Waals surface area (Å²) in [5.74, 6) is 1.74. The van der Waals surface area contributed by atoms with Crippen molar-refractivity contribution in [3.8, 4) is 56.7 Å². The first-order chi connectivity index (χ1) is 31.3. The smallest absolute Gasteiger partial charge is 0.240 e. The number of aromatic nitrogens is 5. The average Bonchev–Trinajstić information content (AvgIpc) is 4.06. The lowest BCUT2D eigenvalue weighted by molar-refractivity contribution is 0.793. The molecule has 63 heavy (non-hydrogen) atoms. The van der Waals surface area contributed by atoms with Gasteiger partial charge in [-0.1, -0.05) is 188 Å². The van der Waals surface area contributed by atoms with Gasteiger partial charge in [-0.3, -0.25) is 9.13 Å². The number of rotatable bonds is 4. The summed E-state index contributed by atoms with van der Waals surface area (Å²) in [6, 6.07) is 76.6. The number of nitrogens with zero attached hydrogens (tertiary/aromatic N) is 5. The van der Waals surface area contributed by atoms with Crippen molar-refractivity contribution in [3.05, 3.63) is 235 Å². The zero-order valence-electron chi connectivity index (χ0n) is 33.9. The highest BCUT2D eigenvalue weighted by Gasteiger charge is 2.52. The van der Waals surface area contributed by atoms with Crippen LogP contribution in [-0.2, 0) is 5.41 Å². The van der Waals surface area contributed by atoms with E-state index in [1.807, 2.05) is 0 Å². The first kappa shape index (κ1) is 34.3. The van der Waals surface area contributed by atoms with Gasteiger partial charge in [0.15, 0.2) is 5.82 Å². The summed E-state index contributed by atoms with van der Waals surface area (Å²) in [5, 5.41) is 4.58. The topological polar surface area (TPSA) is 48.5 Å². The van der Waals surface area contributed by atoms with Gasteiger partial charge >= 0.3 is 0 Å². The highest BCUT2D eigenvalue weighted by Crippen LogP contribution is 2.63. The van der Waals surface area contributed by atoms with Gasteiger partial charge in [0.05, 0.1) is 27.5 Å². The van der Waals surface area contributed by atoms with Gasteiger partial charge < -0.3 is 0 Å². The summed E-state index contributed by atoms with van der Waals surface area (Å²) in [4.78, 5) is 16.7. The number of benzene rings is 9. The zero-order valence-corrected chi connectivity index (χ0v) is 33.9. The number of para-hydroxylation sites is 3. The van der Waals surface area contributed by atoms with Gasteiger partial charge in [-0.25, -0.2) is 0 Å². The fourth-order valence-electron chi connectivity index (χ4n) is 11.1. The zero-order chi connectivity index (χ0) is 41.2. The molecule has 3 aromatic heterocycles. The lowest BCUT2D eigenvalue weighted by atomic mass is 9.70. The Bertz CT molecular complexity index is 3770. The average molecular weight is 802 g/mol. The number of hydrogen-bond donors (Lipinski definition) is 0. The largest absolute Gasteiger partial charge is 0.278 e. The Balaban J connectivity index is 1.11. The molecular formula is C58H35N5. The third kappa shape index (κ3) is 4.57. The van der Waals surface area contributed by atoms with E-state index in [4.69, 9.17) is 15.0 Å². The minimum Gasteiger partial charge on any atom is -0.278 e. The molecule has 14 rings (SSSR count). The molecule has 0 atom stereocenters. The van der Waals surface area contributed by atoms with E-state index in [0.29, 0.717) is 17.7 Å². The van der Waals surface area contributed by atoms with Crippen LogP contribution in [0.15, 0.2) is 212 Å². The summed E-state index contributed by atoms with van der Waals surface area (Å²) in [5.41, 5.74) is 16.9. The van der Waals surface area contributed by atoms with E-state index in [-0.39, 0.29) is 0 Å². The number of hydrogen-bond acceptors (Lipinski definition) is 3. The Morgan fingerprint density at radius 3 is 1.35 bits per heavy atom. The van der Waals surface area contributed by atoms with Crippen molar-refractivity contribution in [1.82, 2.24) is 24.1 Å². The van der Waals surface area contributed by atoms with Gasteiger partial charge in [0.25, 0.3) is 0 Å². The van der Waals surface area contributed by atoms with Crippen LogP contribution in [0.3, 0.4) is 0 Å². The van der Waals surface area contributed by atoms with Crippen LogP contribution in [0.5, 0.6) is 0 Å². The highest BCUT2D eigenvalue weighted by molar-refractivity contribution is 6.11. The normalized spacial score (nSPS) is 13.2. The molecule has 0 aliphatic heterocycles. The molecule has 0 bridgehead atoms. The SMILES string of the molecule is c1ccc(-c2ccc3c4ccccc4n(-c4nc(-c5cccc6c5-c5ccccc5C65c6ccccc6-c6ccccc65)nc(-n5c6ccccc6c6ccccc65)n4)c3c2)cc1. The van der Waals surface area contributed by atoms with Gasteiger partial charge in [-0.2, -0.15) is 15.0 Å². The molecular weight excluding hydrogens is 767 g/mol. The lowest BCUT2D eigenvalue weighted by Gasteiger charge is -2.30. The Morgan fingerprint density at radius 2 is 0.746 bits per heavy atom. The molecule has 12 aromatic rings. The third-order valence-electron chi connectivity index (χ3n) is 13.6. The molecule has 292 valence electrons. The van der Waals surface area contributed by atoms with Gasteiger partial charge in [-0.05, 0) is 79.9 Å². The maximum absolute atomic E-state index is 5.60. The second-order valence-electron chi connectivity index (χ2n) is 16.7. The predicted molar refractivity (Wildman–Crippen MR) is 256 cm³/mol. The summed E-state index contributed by atoms with van der Waals surface area (Å²) >= 11 is 0. The molecule has 0 saturated carbocycles. The monoisotopic (exact) mass is 801 g/mol. The highest BCUT2D eigenvalue weighted by atomic mass is 15.3. The molecule has 1 spiro atoms. The van der Waals surface area contributed by atoms with E-state index in [9.17, 15) is 0 Å². The van der Waals surface area contributed by atoms with Crippen LogP contribution in [0.4, 0.5) is 0 Å². The summed E-state index contributed by atoms with van der Waals surface area (Å²) < 4.78 is 4.45. The molecule has 5 heteroatoms. The van der Waals surface area contributed by atoms with Gasteiger partial charge in [0.2, 0.25) is 11.9 Å². The van der Waals surface area contributed by atoms with Gasteiger partial charge in [0, 0.05) is 27.1 Å². The van der Waals surface area contributed by atoms with Crippen molar-refractivity contribution in [2.24, 2.45) is 0 Å². The summed E-state index contributed by atoms with van der Waals surface area (Å²) in [6.07, 6.45) is 0. The predicted octanol–water partition coefficient (Wildman–Crippen LogP) is 13.7. The van der Waals surface area contributed by atoms with Crippen molar-refractivity contribution < 1.29 is 0 Å². The molecule has 5 nitrogen and oxygen atoms in total. The van der Waals surface area contributed by atoms with Crippen LogP contribution in [0.2, 0.25) is 0 Å². The minimum atomic E-state index is -0.499. The maximum Gasteiger partial charge on any atom is 0.240 e. The molecule has 3 heterocycles. The van der Waals surface area contributed by atoms with E-state index in [1.165, 1.54) is 38.9 Å². The van der Waals surface area contributed by atoms with Crippen molar-refractivity contribution >= 4 is 43.6 Å². The molecule has 0 saturated heterocycles. The quantitative estimate of drug-likeness (QED) is 0.178. The molecule has 2 aliphatic rings. The van der Waals surface area contributed by atoms with Gasteiger partial charge in [-0.15, -0.1) is 0 Å². The Hall–Kier alpha value is -8.41. The van der Waals surface area contributed by atoms with Crippen LogP contribution in [0.1, 0.15) is 22.3 Å². The second-order valence-corrected chi connectivity index (χ2v) is 16.7. The lowest BCUT2D eigenvalue weighted by Crippen LogP contribution is -2.25. The molecule has 0 amide bonds. The first-order valence-electron chi connectivity index (χ1n) is 21.5. The Labute approximate surface area is 362 Å². The molecule has 0 N–H and O–H groups in total. The first-order valence-corrected chi connectivity index (χ1v) is 21.5. The van der Waals surface area contributed by atoms with E-state index in [1.54, 1.807) is 0 Å². The van der Waals surface area contributed by atoms with Crippen LogP contribution in [-0.4, -0.2) is 24.1 Å². The standard InChI is InChI=1S/C58H35N5/c1-2-17-36(18-3-1)37-33-34-43-42-23-9-15-32-52(42)63(53(43)35-37)57-60-55(59-56(61-57)62-50-30-13-7-21-40(50)41-22-8-14-31-51(41)62)45-25-16-29-49-54(45)44-24-6-12-28-48(44)58(49)46-26-10-4-19-38(46)39-20-5-11-27-47(39)58/h1-35H. The van der Waals surface area contributed by atoms with Crippen LogP contribution < -0.4 is 0 Å². The minimum absolute atomic E-state index is 0.499. The fourth-order valence-corrected chi connectivity index (χ4v) is 11.1. The van der Waals surface area contributed by atoms with Crippen LogP contribution >= 0.6 is 0 Å². The van der Waals surface area contributed by atoms with Crippen molar-refractivity contribution in [3.63, 3.8) is 0 Å². The summed E-state index contributed by atoms with van der Waals surface area (Å²) in [7, 11) is 0. The molecule has 2 aliphatic carbocycles. The molecule has 0 unspecified atom stereocenters. The second kappa shape index (κ2) is 12.8. The maximum atomic E-state index is 5.60. The van der Waals surface area contributed by atoms with Crippen molar-refractivity contribution in [1.29, 1.82) is 0 Å². The summed E-state index contributed by atoms with van der Waals surface area (Å²) in [6.45, 7) is 0. The van der Waals surface area contributed by atoms with E-state index in [2.05, 4.69) is 221 Å². The third-order valence-corrected chi connectivity index (χ3v) is 13.6. The number of fused-ring (bicyclic) bond motifs is 16. The van der Waals surface area contributed by atoms with E-state index in [0.717, 1.165) is 65.9 Å². The fraction of sp³-hybridized carbons (Fsp3) is 0.0172. The van der Waals surface area contributed by atoms with E-state index < -0.39 is 5.41 Å². The van der Waals surface area contributed by atoms with Crippen molar-refractivity contribution in [2.75, 3.05) is 0 Å². The Kier molecular flexibility index (Phi) is 6.97. The van der Waals surface area contributed by atoms with Crippen LogP contribution in [0.25, 0.3) is 100 Å². The van der Waals surface area contributed by atoms with Crippen molar-refractivity contribution in [2.45, 2.75) is 5.41 Å². The van der Waals surface area contributed by atoms with Gasteiger partial charge in [0.1, 0.15) is 0 Å². The van der Waals surface area contributed by atoms with E-state index >= 15 is 0 Å². The van der Waals surface area contributed by atoms with Crippen LogP contribution in [0, 0.1) is 0 Å². The molecule has 0 radical (unpaired) electrons. The molecule has 0 fully saturated rings.